The Balaban J connectivity index is 3.80. The summed E-state index contributed by atoms with van der Waals surface area (Å²) in [5.41, 5.74) is -0.405. The topological polar surface area (TPSA) is 26.3 Å². The highest BCUT2D eigenvalue weighted by Gasteiger charge is 2.13. The normalized spacial score (nSPS) is 12.0. The van der Waals surface area contributed by atoms with Crippen LogP contribution < -0.4 is 0 Å². The van der Waals surface area contributed by atoms with Crippen molar-refractivity contribution in [3.63, 3.8) is 0 Å². The van der Waals surface area contributed by atoms with Crippen LogP contribution in [0.3, 0.4) is 0 Å². The molecule has 0 atom stereocenters. The van der Waals surface area contributed by atoms with E-state index >= 15 is 0 Å². The maximum Gasteiger partial charge on any atom is 0.330 e. The first-order valence-electron chi connectivity index (χ1n) is 3.46. The van der Waals surface area contributed by atoms with Gasteiger partial charge in [-0.15, -0.1) is 0 Å². The van der Waals surface area contributed by atoms with E-state index in [0.29, 0.717) is 5.75 Å². The Hall–Kier alpha value is -0.440. The minimum absolute atomic E-state index is 0.313. The van der Waals surface area contributed by atoms with Gasteiger partial charge in [0.1, 0.15) is 5.60 Å². The quantitative estimate of drug-likeness (QED) is 0.392. The van der Waals surface area contributed by atoms with Gasteiger partial charge in [0.05, 0.1) is 0 Å². The summed E-state index contributed by atoms with van der Waals surface area (Å²) in [5, 5.41) is 0. The summed E-state index contributed by atoms with van der Waals surface area (Å²) in [7, 11) is 0. The molecule has 0 heterocycles. The smallest absolute Gasteiger partial charge is 0.330 e. The lowest BCUT2D eigenvalue weighted by molar-refractivity contribution is -0.148. The fraction of sp³-hybridized carbons (Fsp3) is 0.625. The second-order valence-electron chi connectivity index (χ2n) is 3.12. The van der Waals surface area contributed by atoms with Gasteiger partial charge in [0.15, 0.2) is 0 Å². The summed E-state index contributed by atoms with van der Waals surface area (Å²) >= 11 is 3.91. The molecule has 0 aliphatic carbocycles. The lowest BCUT2D eigenvalue weighted by atomic mass is 10.2. The molecule has 0 aromatic heterocycles. The predicted octanol–water partition coefficient (Wildman–Crippen LogP) is 1.81. The van der Waals surface area contributed by atoms with Crippen LogP contribution in [0.5, 0.6) is 0 Å². The molecule has 0 saturated heterocycles. The second-order valence-corrected chi connectivity index (χ2v) is 3.48. The molecule has 0 spiro atoms. The molecule has 0 aromatic rings. The molecule has 0 unspecified atom stereocenters. The van der Waals surface area contributed by atoms with Gasteiger partial charge in [0.2, 0.25) is 0 Å². The van der Waals surface area contributed by atoms with Crippen LogP contribution in [0.1, 0.15) is 20.8 Å². The van der Waals surface area contributed by atoms with E-state index < -0.39 is 5.60 Å². The van der Waals surface area contributed by atoms with E-state index in [4.69, 9.17) is 4.74 Å². The lowest BCUT2D eigenvalue weighted by Gasteiger charge is -2.17. The molecule has 0 radical (unpaired) electrons. The van der Waals surface area contributed by atoms with E-state index in [2.05, 4.69) is 12.6 Å². The fourth-order valence-corrected chi connectivity index (χ4v) is 0.590. The lowest BCUT2D eigenvalue weighted by Crippen LogP contribution is -2.22. The summed E-state index contributed by atoms with van der Waals surface area (Å²) in [6.07, 6.45) is 3.04. The van der Waals surface area contributed by atoms with E-state index in [0.717, 1.165) is 0 Å². The minimum atomic E-state index is -0.405. The zero-order valence-electron chi connectivity index (χ0n) is 7.13. The average Bonchev–Trinajstić information content (AvgIpc) is 1.79. The molecule has 0 rings (SSSR count). The number of carbonyl (C=O) groups excluding carboxylic acids is 1. The molecule has 0 bridgehead atoms. The first-order valence-corrected chi connectivity index (χ1v) is 4.09. The van der Waals surface area contributed by atoms with Crippen molar-refractivity contribution in [2.24, 2.45) is 0 Å². The van der Waals surface area contributed by atoms with Crippen molar-refractivity contribution in [2.45, 2.75) is 26.4 Å². The van der Waals surface area contributed by atoms with Gasteiger partial charge in [-0.1, -0.05) is 6.08 Å². The predicted molar refractivity (Wildman–Crippen MR) is 48.8 cm³/mol. The third-order valence-corrected chi connectivity index (χ3v) is 0.977. The van der Waals surface area contributed by atoms with E-state index in [-0.39, 0.29) is 5.97 Å². The van der Waals surface area contributed by atoms with Crippen LogP contribution in [0.25, 0.3) is 0 Å². The first kappa shape index (κ1) is 10.6. The summed E-state index contributed by atoms with van der Waals surface area (Å²) < 4.78 is 4.98. The highest BCUT2D eigenvalue weighted by atomic mass is 32.1. The highest BCUT2D eigenvalue weighted by molar-refractivity contribution is 7.80. The number of carbonyl (C=O) groups is 1. The summed E-state index contributed by atoms with van der Waals surface area (Å²) in [5.74, 6) is 0.241. The van der Waals surface area contributed by atoms with E-state index in [9.17, 15) is 4.79 Å². The summed E-state index contributed by atoms with van der Waals surface area (Å²) in [4.78, 5) is 10.9. The monoisotopic (exact) mass is 174 g/mol. The SMILES string of the molecule is CC(C)(C)OC(=O)C=CCS. The Morgan fingerprint density at radius 3 is 2.45 bits per heavy atom. The standard InChI is InChI=1S/C8H14O2S/c1-8(2,3)10-7(9)5-4-6-11/h4-5,11H,6H2,1-3H3. The highest BCUT2D eigenvalue weighted by Crippen LogP contribution is 2.06. The third kappa shape index (κ3) is 7.46. The van der Waals surface area contributed by atoms with Crippen LogP contribution in [0.2, 0.25) is 0 Å². The van der Waals surface area contributed by atoms with Gasteiger partial charge >= 0.3 is 5.97 Å². The van der Waals surface area contributed by atoms with Gasteiger partial charge in [-0.3, -0.25) is 0 Å². The second kappa shape index (κ2) is 4.44. The van der Waals surface area contributed by atoms with E-state index in [1.54, 1.807) is 6.08 Å². The van der Waals surface area contributed by atoms with Crippen molar-refractivity contribution < 1.29 is 9.53 Å². The molecule has 0 aromatic carbocycles. The molecule has 0 aliphatic rings. The first-order chi connectivity index (χ1) is 4.95. The third-order valence-electron chi connectivity index (χ3n) is 0.766. The van der Waals surface area contributed by atoms with Crippen LogP contribution in [0, 0.1) is 0 Å². The van der Waals surface area contributed by atoms with Crippen LogP contribution in [-0.4, -0.2) is 17.3 Å². The van der Waals surface area contributed by atoms with Crippen LogP contribution >= 0.6 is 12.6 Å². The van der Waals surface area contributed by atoms with Crippen LogP contribution in [0.15, 0.2) is 12.2 Å². The maximum atomic E-state index is 10.9. The average molecular weight is 174 g/mol. The summed E-state index contributed by atoms with van der Waals surface area (Å²) in [6, 6.07) is 0. The molecule has 11 heavy (non-hydrogen) atoms. The maximum absolute atomic E-state index is 10.9. The number of esters is 1. The molecule has 0 aliphatic heterocycles. The molecule has 0 fully saturated rings. The van der Waals surface area contributed by atoms with E-state index in [1.807, 2.05) is 20.8 Å². The van der Waals surface area contributed by atoms with Gasteiger partial charge in [0, 0.05) is 11.8 Å². The Bertz CT molecular complexity index is 156. The zero-order chi connectivity index (χ0) is 8.91. The number of ether oxygens (including phenoxy) is 1. The van der Waals surface area contributed by atoms with Crippen molar-refractivity contribution in [1.29, 1.82) is 0 Å². The van der Waals surface area contributed by atoms with Gasteiger partial charge in [-0.2, -0.15) is 12.6 Å². The van der Waals surface area contributed by atoms with Crippen LogP contribution in [-0.2, 0) is 9.53 Å². The molecular formula is C8H14O2S. The molecule has 0 N–H and O–H groups in total. The van der Waals surface area contributed by atoms with Crippen molar-refractivity contribution >= 4 is 18.6 Å². The fourth-order valence-electron chi connectivity index (χ4n) is 0.485. The van der Waals surface area contributed by atoms with Gasteiger partial charge in [0.25, 0.3) is 0 Å². The summed E-state index contributed by atoms with van der Waals surface area (Å²) in [6.45, 7) is 5.50. The number of rotatable bonds is 2. The number of thiol groups is 1. The van der Waals surface area contributed by atoms with Crippen molar-refractivity contribution in [3.8, 4) is 0 Å². The Labute approximate surface area is 73.0 Å². The molecule has 3 heteroatoms. The molecule has 0 saturated carbocycles. The Morgan fingerprint density at radius 2 is 2.09 bits per heavy atom. The zero-order valence-corrected chi connectivity index (χ0v) is 8.02. The molecule has 2 nitrogen and oxygen atoms in total. The Morgan fingerprint density at radius 1 is 1.55 bits per heavy atom. The van der Waals surface area contributed by atoms with Crippen LogP contribution in [0.4, 0.5) is 0 Å². The van der Waals surface area contributed by atoms with Crippen molar-refractivity contribution in [1.82, 2.24) is 0 Å². The number of hydrogen-bond donors (Lipinski definition) is 1. The van der Waals surface area contributed by atoms with Gasteiger partial charge in [-0.05, 0) is 20.8 Å². The molecular weight excluding hydrogens is 160 g/mol. The Kier molecular flexibility index (Phi) is 4.26. The molecule has 0 amide bonds. The van der Waals surface area contributed by atoms with Gasteiger partial charge in [-0.25, -0.2) is 4.79 Å². The molecule has 64 valence electrons. The van der Waals surface area contributed by atoms with E-state index in [1.165, 1.54) is 6.08 Å². The minimum Gasteiger partial charge on any atom is -0.457 e. The largest absolute Gasteiger partial charge is 0.457 e. The van der Waals surface area contributed by atoms with Crippen molar-refractivity contribution in [2.75, 3.05) is 5.75 Å². The van der Waals surface area contributed by atoms with Gasteiger partial charge < -0.3 is 4.74 Å². The number of hydrogen-bond acceptors (Lipinski definition) is 3. The van der Waals surface area contributed by atoms with Crippen molar-refractivity contribution in [3.05, 3.63) is 12.2 Å².